The monoisotopic (exact) mass is 526 g/mol. The molecule has 1 saturated heterocycles. The van der Waals surface area contributed by atoms with Crippen LogP contribution in [0, 0.1) is 0 Å². The summed E-state index contributed by atoms with van der Waals surface area (Å²) in [6.07, 6.45) is 6.33. The number of amides is 2. The third kappa shape index (κ3) is 4.41. The number of aromatic nitrogens is 4. The molecule has 10 heteroatoms. The Labute approximate surface area is 225 Å². The van der Waals surface area contributed by atoms with Crippen molar-refractivity contribution in [1.82, 2.24) is 30.2 Å². The molecule has 2 aromatic heterocycles. The van der Waals surface area contributed by atoms with Gasteiger partial charge in [0.25, 0.3) is 0 Å². The minimum absolute atomic E-state index is 0.110. The van der Waals surface area contributed by atoms with Crippen LogP contribution >= 0.6 is 0 Å². The van der Waals surface area contributed by atoms with E-state index in [1.165, 1.54) is 7.11 Å². The number of ether oxygens (including phenoxy) is 2. The smallest absolute Gasteiger partial charge is 0.407 e. The van der Waals surface area contributed by atoms with Crippen molar-refractivity contribution in [3.8, 4) is 34.0 Å². The van der Waals surface area contributed by atoms with E-state index in [0.29, 0.717) is 6.54 Å². The predicted octanol–water partition coefficient (Wildman–Crippen LogP) is 4.92. The van der Waals surface area contributed by atoms with Gasteiger partial charge in [-0.25, -0.2) is 14.8 Å². The molecule has 6 rings (SSSR count). The third-order valence-corrected chi connectivity index (χ3v) is 7.70. The minimum Gasteiger partial charge on any atom is -0.457 e. The topological polar surface area (TPSA) is 125 Å². The molecule has 0 radical (unpaired) electrons. The van der Waals surface area contributed by atoms with Gasteiger partial charge in [0.15, 0.2) is 0 Å². The maximum Gasteiger partial charge on any atom is 0.407 e. The number of methoxy groups -OCH3 is 1. The molecular formula is C29H30N6O4. The number of imidazole rings is 2. The highest BCUT2D eigenvalue weighted by molar-refractivity contribution is 5.82. The van der Waals surface area contributed by atoms with Crippen molar-refractivity contribution in [3.63, 3.8) is 0 Å². The molecule has 0 spiro atoms. The van der Waals surface area contributed by atoms with E-state index in [1.54, 1.807) is 17.4 Å². The zero-order chi connectivity index (χ0) is 27.1. The molecule has 4 aromatic rings. The van der Waals surface area contributed by atoms with Gasteiger partial charge in [-0.15, -0.1) is 0 Å². The number of likely N-dealkylation sites (tertiary alicyclic amines) is 1. The largest absolute Gasteiger partial charge is 0.457 e. The Morgan fingerprint density at radius 3 is 2.72 bits per heavy atom. The fourth-order valence-electron chi connectivity index (χ4n) is 5.57. The van der Waals surface area contributed by atoms with Crippen LogP contribution in [0.2, 0.25) is 0 Å². The quantitative estimate of drug-likeness (QED) is 0.339. The molecule has 2 aromatic carbocycles. The normalized spacial score (nSPS) is 17.2. The zero-order valence-corrected chi connectivity index (χ0v) is 22.1. The van der Waals surface area contributed by atoms with Crippen molar-refractivity contribution in [1.29, 1.82) is 0 Å². The molecule has 0 bridgehead atoms. The molecule has 10 nitrogen and oxygen atoms in total. The van der Waals surface area contributed by atoms with Gasteiger partial charge < -0.3 is 29.7 Å². The van der Waals surface area contributed by atoms with E-state index in [-0.39, 0.29) is 23.9 Å². The average molecular weight is 527 g/mol. The Morgan fingerprint density at radius 1 is 1.10 bits per heavy atom. The Balaban J connectivity index is 1.25. The van der Waals surface area contributed by atoms with Crippen molar-refractivity contribution < 1.29 is 19.1 Å². The molecule has 1 unspecified atom stereocenters. The molecule has 2 amide bonds. The summed E-state index contributed by atoms with van der Waals surface area (Å²) in [6.45, 7) is 4.92. The Hall–Kier alpha value is -4.60. The second-order valence-electron chi connectivity index (χ2n) is 10.4. The Kier molecular flexibility index (Phi) is 6.09. The van der Waals surface area contributed by atoms with Gasteiger partial charge in [-0.2, -0.15) is 0 Å². The molecule has 4 heterocycles. The van der Waals surface area contributed by atoms with E-state index in [4.69, 9.17) is 4.74 Å². The van der Waals surface area contributed by atoms with Gasteiger partial charge in [0, 0.05) is 34.2 Å². The van der Waals surface area contributed by atoms with Gasteiger partial charge >= 0.3 is 6.09 Å². The molecular weight excluding hydrogens is 496 g/mol. The molecule has 1 fully saturated rings. The lowest BCUT2D eigenvalue weighted by molar-refractivity contribution is -0.131. The van der Waals surface area contributed by atoms with Crippen LogP contribution in [-0.2, 0) is 14.9 Å². The van der Waals surface area contributed by atoms with Crippen LogP contribution in [0.15, 0.2) is 55.1 Å². The number of nitrogens with one attached hydrogen (secondary N) is 3. The fraction of sp³-hybridized carbons (Fsp3) is 0.310. The molecule has 3 N–H and O–H groups in total. The van der Waals surface area contributed by atoms with Gasteiger partial charge in [0.05, 0.1) is 43.3 Å². The van der Waals surface area contributed by atoms with Gasteiger partial charge in [0.1, 0.15) is 23.9 Å². The third-order valence-electron chi connectivity index (χ3n) is 7.70. The summed E-state index contributed by atoms with van der Waals surface area (Å²) in [5.41, 5.74) is 5.74. The highest BCUT2D eigenvalue weighted by Crippen LogP contribution is 2.49. The second kappa shape index (κ2) is 9.61. The van der Waals surface area contributed by atoms with Crippen LogP contribution in [0.5, 0.6) is 11.5 Å². The van der Waals surface area contributed by atoms with Crippen LogP contribution in [-0.4, -0.2) is 57.0 Å². The fourth-order valence-corrected chi connectivity index (χ4v) is 5.57. The average Bonchev–Trinajstić information content (AvgIpc) is 3.73. The van der Waals surface area contributed by atoms with Gasteiger partial charge in [0.2, 0.25) is 5.91 Å². The van der Waals surface area contributed by atoms with Crippen molar-refractivity contribution in [3.05, 3.63) is 72.1 Å². The molecule has 1 atom stereocenters. The number of H-pyrrole nitrogens is 2. The first kappa shape index (κ1) is 24.7. The second-order valence-corrected chi connectivity index (χ2v) is 10.4. The van der Waals surface area contributed by atoms with Crippen molar-refractivity contribution in [2.24, 2.45) is 0 Å². The van der Waals surface area contributed by atoms with Gasteiger partial charge in [-0.05, 0) is 37.1 Å². The van der Waals surface area contributed by atoms with E-state index in [0.717, 1.165) is 63.8 Å². The molecule has 2 aliphatic heterocycles. The molecule has 0 saturated carbocycles. The summed E-state index contributed by atoms with van der Waals surface area (Å²) < 4.78 is 10.9. The summed E-state index contributed by atoms with van der Waals surface area (Å²) in [7, 11) is 1.27. The summed E-state index contributed by atoms with van der Waals surface area (Å²) in [5, 5.41) is 2.47. The maximum absolute atomic E-state index is 12.7. The van der Waals surface area contributed by atoms with Crippen LogP contribution in [0.1, 0.15) is 49.7 Å². The number of fused-ring (bicyclic) bond motifs is 2. The highest BCUT2D eigenvalue weighted by Gasteiger charge is 2.35. The summed E-state index contributed by atoms with van der Waals surface area (Å²) in [6, 6.07) is 12.3. The molecule has 0 aliphatic carbocycles. The summed E-state index contributed by atoms with van der Waals surface area (Å²) >= 11 is 0. The lowest BCUT2D eigenvalue weighted by atomic mass is 9.75. The first-order valence-corrected chi connectivity index (χ1v) is 13.0. The van der Waals surface area contributed by atoms with E-state index in [2.05, 4.69) is 68.1 Å². The molecule has 39 heavy (non-hydrogen) atoms. The van der Waals surface area contributed by atoms with Crippen molar-refractivity contribution >= 4 is 12.0 Å². The van der Waals surface area contributed by atoms with E-state index < -0.39 is 6.09 Å². The van der Waals surface area contributed by atoms with Crippen molar-refractivity contribution in [2.45, 2.75) is 38.1 Å². The number of aromatic amines is 2. The highest BCUT2D eigenvalue weighted by atomic mass is 16.5. The van der Waals surface area contributed by atoms with E-state index in [9.17, 15) is 9.59 Å². The van der Waals surface area contributed by atoms with E-state index >= 15 is 0 Å². The standard InChI is InChI=1S/C29H30N6O4/c1-29(2)19-8-6-18(21-13-30-16-33-21)12-25(19)39-24-9-7-17(11-20(24)29)22-14-31-27(34-22)23-5-4-10-35(23)26(36)15-32-28(37)38-3/h6-9,11-14,16,23H,4-5,10,15H2,1-3H3,(H,30,33)(H,31,34)(H,32,37). The van der Waals surface area contributed by atoms with Crippen LogP contribution in [0.3, 0.4) is 0 Å². The number of carbonyl (C=O) groups is 2. The van der Waals surface area contributed by atoms with Crippen molar-refractivity contribution in [2.75, 3.05) is 20.2 Å². The van der Waals surface area contributed by atoms with Gasteiger partial charge in [-0.1, -0.05) is 26.0 Å². The zero-order valence-electron chi connectivity index (χ0n) is 22.1. The first-order valence-electron chi connectivity index (χ1n) is 13.0. The molecule has 2 aliphatic rings. The maximum atomic E-state index is 12.7. The Morgan fingerprint density at radius 2 is 1.92 bits per heavy atom. The predicted molar refractivity (Wildman–Crippen MR) is 144 cm³/mol. The number of benzene rings is 2. The number of carbonyl (C=O) groups excluding carboxylic acids is 2. The minimum atomic E-state index is -0.625. The summed E-state index contributed by atoms with van der Waals surface area (Å²) in [5.74, 6) is 2.23. The number of nitrogens with zero attached hydrogens (tertiary/aromatic N) is 3. The lowest BCUT2D eigenvalue weighted by Gasteiger charge is -2.35. The Bertz CT molecular complexity index is 1540. The summed E-state index contributed by atoms with van der Waals surface area (Å²) in [4.78, 5) is 41.2. The van der Waals surface area contributed by atoms with Gasteiger partial charge in [-0.3, -0.25) is 4.79 Å². The van der Waals surface area contributed by atoms with Crippen LogP contribution in [0.4, 0.5) is 4.79 Å². The first-order chi connectivity index (χ1) is 18.8. The van der Waals surface area contributed by atoms with E-state index in [1.807, 2.05) is 18.3 Å². The van der Waals surface area contributed by atoms with Crippen LogP contribution in [0.25, 0.3) is 22.5 Å². The SMILES string of the molecule is COC(=O)NCC(=O)N1CCCC1c1ncc(-c2ccc3c(c2)C(C)(C)c2ccc(-c4cnc[nH]4)cc2O3)[nH]1. The molecule has 200 valence electrons. The van der Waals surface area contributed by atoms with Crippen LogP contribution < -0.4 is 10.1 Å². The number of hydrogen-bond donors (Lipinski definition) is 3. The number of rotatable bonds is 5. The lowest BCUT2D eigenvalue weighted by Crippen LogP contribution is -2.40. The number of hydrogen-bond acceptors (Lipinski definition) is 6. The number of alkyl carbamates (subject to hydrolysis) is 1.